The quantitative estimate of drug-likeness (QED) is 0.902. The molecule has 2 aromatic rings. The highest BCUT2D eigenvalue weighted by atomic mass is 35.5. The molecule has 1 atom stereocenters. The predicted octanol–water partition coefficient (Wildman–Crippen LogP) is 3.67. The molecular weight excluding hydrogens is 344 g/mol. The van der Waals surface area contributed by atoms with Gasteiger partial charge >= 0.3 is 0 Å². The Morgan fingerprint density at radius 3 is 2.79 bits per heavy atom. The van der Waals surface area contributed by atoms with E-state index in [9.17, 15) is 9.59 Å². The van der Waals surface area contributed by atoms with Crippen molar-refractivity contribution in [3.8, 4) is 0 Å². The number of halogens is 1. The average Bonchev–Trinajstić information content (AvgIpc) is 3.05. The number of carbonyl (C=O) groups is 2. The molecule has 1 N–H and O–H groups in total. The molecule has 0 aliphatic carbocycles. The van der Waals surface area contributed by atoms with Gasteiger partial charge in [0.05, 0.1) is 6.04 Å². The number of hydrogen-bond acceptors (Lipinski definition) is 3. The monoisotopic (exact) mass is 362 g/mol. The van der Waals surface area contributed by atoms with E-state index in [4.69, 9.17) is 11.6 Å². The van der Waals surface area contributed by atoms with Crippen LogP contribution in [0.1, 0.15) is 40.2 Å². The summed E-state index contributed by atoms with van der Waals surface area (Å²) < 4.78 is 0. The highest BCUT2D eigenvalue weighted by Gasteiger charge is 2.27. The van der Waals surface area contributed by atoms with E-state index in [-0.39, 0.29) is 17.9 Å². The first-order valence-electron chi connectivity index (χ1n) is 7.96. The Bertz CT molecular complexity index is 742. The molecule has 24 heavy (non-hydrogen) atoms. The molecule has 2 heterocycles. The van der Waals surface area contributed by atoms with Gasteiger partial charge in [0.15, 0.2) is 0 Å². The van der Waals surface area contributed by atoms with Crippen LogP contribution in [0.5, 0.6) is 0 Å². The first-order chi connectivity index (χ1) is 11.6. The molecule has 4 nitrogen and oxygen atoms in total. The summed E-state index contributed by atoms with van der Waals surface area (Å²) >= 11 is 7.57. The van der Waals surface area contributed by atoms with E-state index in [2.05, 4.69) is 23.7 Å². The zero-order valence-electron chi connectivity index (χ0n) is 13.4. The molecule has 2 amide bonds. The minimum absolute atomic E-state index is 0.0794. The van der Waals surface area contributed by atoms with E-state index in [1.807, 2.05) is 4.90 Å². The normalized spacial score (nSPS) is 16.6. The Kier molecular flexibility index (Phi) is 5.21. The van der Waals surface area contributed by atoms with E-state index in [0.717, 1.165) is 13.0 Å². The molecule has 0 bridgehead atoms. The number of carbonyl (C=O) groups excluding carboxylic acids is 2. The second-order valence-electron chi connectivity index (χ2n) is 5.83. The lowest BCUT2D eigenvalue weighted by Crippen LogP contribution is -2.39. The van der Waals surface area contributed by atoms with E-state index in [1.54, 1.807) is 35.6 Å². The molecule has 6 heteroatoms. The van der Waals surface area contributed by atoms with Crippen molar-refractivity contribution in [2.45, 2.75) is 25.8 Å². The van der Waals surface area contributed by atoms with E-state index < -0.39 is 0 Å². The lowest BCUT2D eigenvalue weighted by Gasteiger charge is -2.33. The first kappa shape index (κ1) is 17.0. The molecular formula is C18H19ClN2O2S. The Hall–Kier alpha value is -1.85. The van der Waals surface area contributed by atoms with Crippen LogP contribution >= 0.6 is 22.9 Å². The average molecular weight is 363 g/mol. The third-order valence-electron chi connectivity index (χ3n) is 4.33. The molecule has 0 saturated carbocycles. The highest BCUT2D eigenvalue weighted by Crippen LogP contribution is 2.32. The van der Waals surface area contributed by atoms with Crippen molar-refractivity contribution in [3.05, 3.63) is 56.7 Å². The third-order valence-corrected chi connectivity index (χ3v) is 5.58. The maximum atomic E-state index is 12.5. The highest BCUT2D eigenvalue weighted by molar-refractivity contribution is 7.10. The van der Waals surface area contributed by atoms with E-state index in [0.29, 0.717) is 23.6 Å². The zero-order chi connectivity index (χ0) is 17.1. The van der Waals surface area contributed by atoms with Gasteiger partial charge in [-0.25, -0.2) is 0 Å². The summed E-state index contributed by atoms with van der Waals surface area (Å²) in [5, 5.41) is 5.47. The summed E-state index contributed by atoms with van der Waals surface area (Å²) in [5.74, 6) is -0.109. The molecule has 1 aromatic carbocycles. The number of benzene rings is 1. The fourth-order valence-electron chi connectivity index (χ4n) is 2.98. The van der Waals surface area contributed by atoms with Crippen LogP contribution in [0.25, 0.3) is 0 Å². The molecule has 126 valence electrons. The van der Waals surface area contributed by atoms with Crippen LogP contribution in [0.15, 0.2) is 35.7 Å². The van der Waals surface area contributed by atoms with E-state index in [1.165, 1.54) is 10.4 Å². The number of nitrogens with one attached hydrogen (secondary N) is 1. The number of rotatable bonds is 4. The number of hydrogen-bond donors (Lipinski definition) is 1. The van der Waals surface area contributed by atoms with Crippen molar-refractivity contribution >= 4 is 34.8 Å². The second-order valence-corrected chi connectivity index (χ2v) is 7.26. The molecule has 0 radical (unpaired) electrons. The van der Waals surface area contributed by atoms with Crippen molar-refractivity contribution < 1.29 is 9.59 Å². The number of amides is 2. The third kappa shape index (κ3) is 3.62. The molecule has 1 aromatic heterocycles. The molecule has 3 rings (SSSR count). The Balaban J connectivity index is 1.51. The van der Waals surface area contributed by atoms with Gasteiger partial charge in [0.1, 0.15) is 0 Å². The lowest BCUT2D eigenvalue weighted by atomic mass is 10.0. The predicted molar refractivity (Wildman–Crippen MR) is 96.6 cm³/mol. The minimum atomic E-state index is -0.189. The first-order valence-corrected chi connectivity index (χ1v) is 9.21. The standard InChI is InChI=1S/C18H19ClN2O2S/c1-12-15-8-11-24-16(15)7-10-21(12)17(22)6-9-20-18(23)13-2-4-14(19)5-3-13/h2-5,8,11-12H,6-7,9-10H2,1H3,(H,20,23). The molecule has 1 aliphatic rings. The zero-order valence-corrected chi connectivity index (χ0v) is 15.0. The van der Waals surface area contributed by atoms with Gasteiger partial charge in [0, 0.05) is 35.0 Å². The summed E-state index contributed by atoms with van der Waals surface area (Å²) in [6.45, 7) is 3.15. The summed E-state index contributed by atoms with van der Waals surface area (Å²) in [7, 11) is 0. The second kappa shape index (κ2) is 7.36. The van der Waals surface area contributed by atoms with Crippen LogP contribution in [0.2, 0.25) is 5.02 Å². The number of fused-ring (bicyclic) bond motifs is 1. The molecule has 0 spiro atoms. The summed E-state index contributed by atoms with van der Waals surface area (Å²) in [5.41, 5.74) is 1.80. The van der Waals surface area contributed by atoms with Crippen molar-refractivity contribution in [2.75, 3.05) is 13.1 Å². The Morgan fingerprint density at radius 1 is 1.29 bits per heavy atom. The molecule has 1 unspecified atom stereocenters. The van der Waals surface area contributed by atoms with Gasteiger partial charge < -0.3 is 10.2 Å². The van der Waals surface area contributed by atoms with Crippen molar-refractivity contribution in [1.29, 1.82) is 0 Å². The van der Waals surface area contributed by atoms with Crippen LogP contribution in [0.4, 0.5) is 0 Å². The van der Waals surface area contributed by atoms with Gasteiger partial charge in [-0.1, -0.05) is 11.6 Å². The van der Waals surface area contributed by atoms with Crippen LogP contribution in [-0.4, -0.2) is 29.8 Å². The van der Waals surface area contributed by atoms with Crippen LogP contribution in [0, 0.1) is 0 Å². The Labute approximate surface area is 150 Å². The summed E-state index contributed by atoms with van der Waals surface area (Å²) in [4.78, 5) is 27.8. The van der Waals surface area contributed by atoms with Crippen LogP contribution in [-0.2, 0) is 11.2 Å². The fourth-order valence-corrected chi connectivity index (χ4v) is 4.07. The topological polar surface area (TPSA) is 49.4 Å². The summed E-state index contributed by atoms with van der Waals surface area (Å²) in [6, 6.07) is 8.91. The van der Waals surface area contributed by atoms with Gasteiger partial charge in [0.25, 0.3) is 5.91 Å². The van der Waals surface area contributed by atoms with Crippen molar-refractivity contribution in [3.63, 3.8) is 0 Å². The Morgan fingerprint density at radius 2 is 2.04 bits per heavy atom. The maximum absolute atomic E-state index is 12.5. The SMILES string of the molecule is CC1c2ccsc2CCN1C(=O)CCNC(=O)c1ccc(Cl)cc1. The van der Waals surface area contributed by atoms with Gasteiger partial charge in [0.2, 0.25) is 5.91 Å². The van der Waals surface area contributed by atoms with Gasteiger partial charge in [-0.15, -0.1) is 11.3 Å². The molecule has 0 fully saturated rings. The van der Waals surface area contributed by atoms with Crippen LogP contribution < -0.4 is 5.32 Å². The fraction of sp³-hybridized carbons (Fsp3) is 0.333. The smallest absolute Gasteiger partial charge is 0.251 e. The number of thiophene rings is 1. The van der Waals surface area contributed by atoms with Gasteiger partial charge in [-0.05, 0) is 54.6 Å². The maximum Gasteiger partial charge on any atom is 0.251 e. The van der Waals surface area contributed by atoms with E-state index >= 15 is 0 Å². The van der Waals surface area contributed by atoms with Gasteiger partial charge in [-0.3, -0.25) is 9.59 Å². The lowest BCUT2D eigenvalue weighted by molar-refractivity contribution is -0.133. The van der Waals surface area contributed by atoms with Crippen LogP contribution in [0.3, 0.4) is 0 Å². The molecule has 1 aliphatic heterocycles. The summed E-state index contributed by atoms with van der Waals surface area (Å²) in [6.07, 6.45) is 1.23. The van der Waals surface area contributed by atoms with Crippen molar-refractivity contribution in [2.24, 2.45) is 0 Å². The van der Waals surface area contributed by atoms with Gasteiger partial charge in [-0.2, -0.15) is 0 Å². The molecule has 0 saturated heterocycles. The number of nitrogens with zero attached hydrogens (tertiary/aromatic N) is 1. The minimum Gasteiger partial charge on any atom is -0.352 e. The van der Waals surface area contributed by atoms with Crippen molar-refractivity contribution in [1.82, 2.24) is 10.2 Å². The largest absolute Gasteiger partial charge is 0.352 e.